The van der Waals surface area contributed by atoms with Gasteiger partial charge in [-0.05, 0) is 36.8 Å². The molecule has 120 valence electrons. The molecule has 0 bridgehead atoms. The molecule has 3 rings (SSSR count). The number of hydrogen-bond acceptors (Lipinski definition) is 5. The monoisotopic (exact) mass is 325 g/mol. The van der Waals surface area contributed by atoms with E-state index in [-0.39, 0.29) is 17.9 Å². The molecule has 0 aliphatic heterocycles. The van der Waals surface area contributed by atoms with Crippen LogP contribution in [0.3, 0.4) is 0 Å². The molecule has 2 aromatic heterocycles. The van der Waals surface area contributed by atoms with Gasteiger partial charge in [-0.25, -0.2) is 9.18 Å². The molecule has 6 nitrogen and oxygen atoms in total. The van der Waals surface area contributed by atoms with Gasteiger partial charge >= 0.3 is 5.97 Å². The van der Waals surface area contributed by atoms with Crippen LogP contribution < -0.4 is 0 Å². The molecule has 0 saturated carbocycles. The number of ether oxygens (including phenoxy) is 1. The first kappa shape index (κ1) is 15.5. The van der Waals surface area contributed by atoms with Gasteiger partial charge in [0.2, 0.25) is 0 Å². The van der Waals surface area contributed by atoms with E-state index in [9.17, 15) is 9.18 Å². The lowest BCUT2D eigenvalue weighted by molar-refractivity contribution is 0.0520. The van der Waals surface area contributed by atoms with Gasteiger partial charge in [0.1, 0.15) is 17.6 Å². The van der Waals surface area contributed by atoms with Gasteiger partial charge < -0.3 is 9.15 Å². The van der Waals surface area contributed by atoms with Crippen LogP contribution in [0.25, 0.3) is 22.6 Å². The first-order valence-electron chi connectivity index (χ1n) is 7.15. The van der Waals surface area contributed by atoms with Crippen LogP contribution >= 0.6 is 0 Å². The Morgan fingerprint density at radius 3 is 2.96 bits per heavy atom. The molecule has 3 aromatic rings. The topological polar surface area (TPSA) is 91.9 Å². The Labute approximate surface area is 136 Å². The quantitative estimate of drug-likeness (QED) is 0.741. The molecule has 0 spiro atoms. The van der Waals surface area contributed by atoms with Crippen molar-refractivity contribution in [1.29, 1.82) is 5.26 Å². The van der Waals surface area contributed by atoms with Crippen LogP contribution in [0.15, 0.2) is 41.0 Å². The van der Waals surface area contributed by atoms with Gasteiger partial charge in [-0.15, -0.1) is 0 Å². The van der Waals surface area contributed by atoms with Gasteiger partial charge in [0.25, 0.3) is 0 Å². The van der Waals surface area contributed by atoms with E-state index in [0.717, 1.165) is 0 Å². The van der Waals surface area contributed by atoms with Crippen LogP contribution in [0, 0.1) is 17.1 Å². The molecule has 0 amide bonds. The number of aromatic nitrogens is 2. The van der Waals surface area contributed by atoms with E-state index in [1.807, 2.05) is 0 Å². The molecule has 0 unspecified atom stereocenters. The highest BCUT2D eigenvalue weighted by molar-refractivity contribution is 5.99. The maximum atomic E-state index is 13.6. The molecule has 0 atom stereocenters. The molecule has 0 saturated heterocycles. The fourth-order valence-electron chi connectivity index (χ4n) is 2.33. The minimum Gasteiger partial charge on any atom is -0.463 e. The third kappa shape index (κ3) is 2.65. The van der Waals surface area contributed by atoms with Crippen LogP contribution in [0.5, 0.6) is 0 Å². The zero-order valence-corrected chi connectivity index (χ0v) is 12.7. The summed E-state index contributed by atoms with van der Waals surface area (Å²) in [6, 6.07) is 9.14. The zero-order chi connectivity index (χ0) is 17.1. The Bertz CT molecular complexity index is 923. The Morgan fingerprint density at radius 1 is 1.46 bits per heavy atom. The average molecular weight is 325 g/mol. The number of carbonyl (C=O) groups excluding carboxylic acids is 1. The number of furan rings is 1. The molecule has 0 radical (unpaired) electrons. The average Bonchev–Trinajstić information content (AvgIpc) is 3.24. The van der Waals surface area contributed by atoms with Crippen LogP contribution in [0.1, 0.15) is 23.0 Å². The number of esters is 1. The second-order valence-corrected chi connectivity index (χ2v) is 4.83. The van der Waals surface area contributed by atoms with E-state index < -0.39 is 11.8 Å². The fraction of sp³-hybridized carbons (Fsp3) is 0.118. The van der Waals surface area contributed by atoms with Crippen molar-refractivity contribution in [3.8, 4) is 28.7 Å². The molecular formula is C17H12FN3O3. The van der Waals surface area contributed by atoms with Crippen molar-refractivity contribution in [3.63, 3.8) is 0 Å². The fourth-order valence-corrected chi connectivity index (χ4v) is 2.33. The summed E-state index contributed by atoms with van der Waals surface area (Å²) in [5.41, 5.74) is 1.20. The SMILES string of the molecule is CCOC(=O)c1[nH]nc(-c2ccco2)c1-c1ccc(F)c(C#N)c1. The predicted octanol–water partition coefficient (Wildman–Crippen LogP) is 3.52. The number of rotatable bonds is 4. The van der Waals surface area contributed by atoms with Crippen molar-refractivity contribution in [2.24, 2.45) is 0 Å². The summed E-state index contributed by atoms with van der Waals surface area (Å²) in [5, 5.41) is 15.8. The normalized spacial score (nSPS) is 10.4. The number of halogens is 1. The number of benzene rings is 1. The van der Waals surface area contributed by atoms with E-state index in [1.165, 1.54) is 24.5 Å². The Hall–Kier alpha value is -3.40. The summed E-state index contributed by atoms with van der Waals surface area (Å²) in [6.07, 6.45) is 1.48. The number of aromatic amines is 1. The summed E-state index contributed by atoms with van der Waals surface area (Å²) in [7, 11) is 0. The summed E-state index contributed by atoms with van der Waals surface area (Å²) in [6.45, 7) is 1.88. The Balaban J connectivity index is 2.22. The number of H-pyrrole nitrogens is 1. The first-order chi connectivity index (χ1) is 11.7. The van der Waals surface area contributed by atoms with Crippen molar-refractivity contribution in [2.75, 3.05) is 6.61 Å². The maximum Gasteiger partial charge on any atom is 0.357 e. The summed E-state index contributed by atoms with van der Waals surface area (Å²) >= 11 is 0. The highest BCUT2D eigenvalue weighted by Crippen LogP contribution is 2.34. The van der Waals surface area contributed by atoms with E-state index in [0.29, 0.717) is 22.6 Å². The Kier molecular flexibility index (Phi) is 4.12. The van der Waals surface area contributed by atoms with Gasteiger partial charge in [0.15, 0.2) is 11.5 Å². The van der Waals surface area contributed by atoms with Gasteiger partial charge in [0.05, 0.1) is 18.4 Å². The van der Waals surface area contributed by atoms with Gasteiger partial charge in [-0.3, -0.25) is 5.10 Å². The molecule has 1 N–H and O–H groups in total. The molecule has 2 heterocycles. The number of carbonyl (C=O) groups is 1. The smallest absolute Gasteiger partial charge is 0.357 e. The summed E-state index contributed by atoms with van der Waals surface area (Å²) < 4.78 is 24.0. The van der Waals surface area contributed by atoms with Crippen molar-refractivity contribution in [2.45, 2.75) is 6.92 Å². The molecule has 24 heavy (non-hydrogen) atoms. The minimum atomic E-state index is -0.637. The highest BCUT2D eigenvalue weighted by Gasteiger charge is 2.24. The van der Waals surface area contributed by atoms with Gasteiger partial charge in [-0.2, -0.15) is 10.4 Å². The van der Waals surface area contributed by atoms with Crippen LogP contribution in [0.4, 0.5) is 4.39 Å². The predicted molar refractivity (Wildman–Crippen MR) is 82.4 cm³/mol. The highest BCUT2D eigenvalue weighted by atomic mass is 19.1. The molecule has 7 heteroatoms. The largest absolute Gasteiger partial charge is 0.463 e. The number of hydrogen-bond donors (Lipinski definition) is 1. The van der Waals surface area contributed by atoms with Gasteiger partial charge in [0, 0.05) is 5.56 Å². The summed E-state index contributed by atoms with van der Waals surface area (Å²) in [4.78, 5) is 12.2. The number of nitrogens with zero attached hydrogens (tertiary/aromatic N) is 2. The number of nitrogens with one attached hydrogen (secondary N) is 1. The summed E-state index contributed by atoms with van der Waals surface area (Å²) in [5.74, 6) is -0.803. The molecule has 0 fully saturated rings. The van der Waals surface area contributed by atoms with E-state index >= 15 is 0 Å². The minimum absolute atomic E-state index is 0.110. The van der Waals surface area contributed by atoms with Crippen molar-refractivity contribution in [1.82, 2.24) is 10.2 Å². The standard InChI is InChI=1S/C17H12FN3O3/c1-2-23-17(22)16-14(10-5-6-12(18)11(8-10)9-19)15(20-21-16)13-4-3-7-24-13/h3-8H,2H2,1H3,(H,20,21). The lowest BCUT2D eigenvalue weighted by Gasteiger charge is -2.06. The van der Waals surface area contributed by atoms with E-state index in [4.69, 9.17) is 14.4 Å². The molecular weight excluding hydrogens is 313 g/mol. The van der Waals surface area contributed by atoms with Crippen LogP contribution in [-0.2, 0) is 4.74 Å². The first-order valence-corrected chi connectivity index (χ1v) is 7.15. The maximum absolute atomic E-state index is 13.6. The lowest BCUT2D eigenvalue weighted by atomic mass is 9.99. The zero-order valence-electron chi connectivity index (χ0n) is 12.7. The third-order valence-electron chi connectivity index (χ3n) is 3.38. The molecule has 0 aliphatic rings. The van der Waals surface area contributed by atoms with Crippen LogP contribution in [-0.4, -0.2) is 22.8 Å². The van der Waals surface area contributed by atoms with Crippen molar-refractivity contribution >= 4 is 5.97 Å². The van der Waals surface area contributed by atoms with Gasteiger partial charge in [-0.1, -0.05) is 6.07 Å². The lowest BCUT2D eigenvalue weighted by Crippen LogP contribution is -2.06. The second-order valence-electron chi connectivity index (χ2n) is 4.83. The Morgan fingerprint density at radius 2 is 2.29 bits per heavy atom. The molecule has 0 aliphatic carbocycles. The van der Waals surface area contributed by atoms with Crippen molar-refractivity contribution in [3.05, 3.63) is 53.7 Å². The molecule has 1 aromatic carbocycles. The number of nitriles is 1. The van der Waals surface area contributed by atoms with E-state index in [1.54, 1.807) is 25.1 Å². The second kappa shape index (κ2) is 6.38. The van der Waals surface area contributed by atoms with E-state index in [2.05, 4.69) is 10.2 Å². The third-order valence-corrected chi connectivity index (χ3v) is 3.38. The van der Waals surface area contributed by atoms with Crippen molar-refractivity contribution < 1.29 is 18.3 Å². The van der Waals surface area contributed by atoms with Crippen LogP contribution in [0.2, 0.25) is 0 Å².